The van der Waals surface area contributed by atoms with Gasteiger partial charge in [-0.2, -0.15) is 0 Å². The third-order valence-corrected chi connectivity index (χ3v) is 6.47. The zero-order valence-corrected chi connectivity index (χ0v) is 18.9. The summed E-state index contributed by atoms with van der Waals surface area (Å²) in [5.41, 5.74) is -0.708. The van der Waals surface area contributed by atoms with Gasteiger partial charge in [-0.05, 0) is 23.9 Å². The topological polar surface area (TPSA) is 76.2 Å². The fourth-order valence-electron chi connectivity index (χ4n) is 4.00. The highest BCUT2D eigenvalue weighted by Crippen LogP contribution is 2.44. The SMILES string of the molecule is COCCCN1C(=O)C[C@](CC(=O)N(C)Cc2cccs2)(c2ccccc2OC)C1=O. The largest absolute Gasteiger partial charge is 0.496 e. The Labute approximate surface area is 186 Å². The van der Waals surface area contributed by atoms with Crippen molar-refractivity contribution in [3.8, 4) is 5.75 Å². The fourth-order valence-corrected chi connectivity index (χ4v) is 4.75. The Morgan fingerprint density at radius 1 is 1.19 bits per heavy atom. The van der Waals surface area contributed by atoms with E-state index in [1.54, 1.807) is 54.7 Å². The van der Waals surface area contributed by atoms with Crippen LogP contribution in [0.1, 0.15) is 29.7 Å². The number of carbonyl (C=O) groups is 3. The van der Waals surface area contributed by atoms with Gasteiger partial charge in [-0.15, -0.1) is 11.3 Å². The lowest BCUT2D eigenvalue weighted by atomic mass is 9.75. The monoisotopic (exact) mass is 444 g/mol. The van der Waals surface area contributed by atoms with Crippen molar-refractivity contribution in [2.75, 3.05) is 34.4 Å². The molecule has 1 fully saturated rings. The van der Waals surface area contributed by atoms with Gasteiger partial charge in [0.2, 0.25) is 17.7 Å². The molecule has 0 aliphatic carbocycles. The smallest absolute Gasteiger partial charge is 0.241 e. The molecule has 1 aliphatic heterocycles. The molecule has 7 nitrogen and oxygen atoms in total. The molecule has 3 amide bonds. The van der Waals surface area contributed by atoms with E-state index in [9.17, 15) is 14.4 Å². The molecule has 1 aliphatic rings. The summed E-state index contributed by atoms with van der Waals surface area (Å²) in [5.74, 6) is -0.327. The second-order valence-electron chi connectivity index (χ2n) is 7.66. The molecule has 0 radical (unpaired) electrons. The number of imide groups is 1. The maximum atomic E-state index is 13.6. The van der Waals surface area contributed by atoms with Crippen LogP contribution >= 0.6 is 11.3 Å². The van der Waals surface area contributed by atoms with E-state index in [2.05, 4.69) is 0 Å². The van der Waals surface area contributed by atoms with Crippen LogP contribution in [0.15, 0.2) is 41.8 Å². The van der Waals surface area contributed by atoms with E-state index in [0.717, 1.165) is 4.88 Å². The number of methoxy groups -OCH3 is 2. The molecule has 0 saturated carbocycles. The zero-order chi connectivity index (χ0) is 22.4. The van der Waals surface area contributed by atoms with Crippen molar-refractivity contribution in [2.45, 2.75) is 31.2 Å². The summed E-state index contributed by atoms with van der Waals surface area (Å²) < 4.78 is 10.6. The summed E-state index contributed by atoms with van der Waals surface area (Å²) in [6, 6.07) is 11.0. The first-order valence-corrected chi connectivity index (χ1v) is 11.0. The molecule has 1 saturated heterocycles. The first-order chi connectivity index (χ1) is 14.9. The molecule has 1 aromatic carbocycles. The van der Waals surface area contributed by atoms with E-state index < -0.39 is 5.41 Å². The molecule has 3 rings (SSSR count). The van der Waals surface area contributed by atoms with Crippen molar-refractivity contribution < 1.29 is 23.9 Å². The standard InChI is InChI=1S/C23H28N2O5S/c1-24(16-17-8-6-13-31-17)20(26)14-23(18-9-4-5-10-19(18)30-3)15-21(27)25(22(23)28)11-7-12-29-2/h4-6,8-10,13H,7,11-12,14-16H2,1-3H3/t23-/m1/s1. The molecular formula is C23H28N2O5S. The van der Waals surface area contributed by atoms with Gasteiger partial charge in [0.15, 0.2) is 0 Å². The summed E-state index contributed by atoms with van der Waals surface area (Å²) in [5, 5.41) is 1.96. The third kappa shape index (κ3) is 4.80. The molecule has 0 bridgehead atoms. The highest BCUT2D eigenvalue weighted by atomic mass is 32.1. The highest BCUT2D eigenvalue weighted by Gasteiger charge is 2.54. The van der Waals surface area contributed by atoms with Crippen LogP contribution in [0.4, 0.5) is 0 Å². The second-order valence-corrected chi connectivity index (χ2v) is 8.69. The predicted octanol–water partition coefficient (Wildman–Crippen LogP) is 2.84. The molecule has 1 atom stereocenters. The first-order valence-electron chi connectivity index (χ1n) is 10.2. The van der Waals surface area contributed by atoms with Gasteiger partial charge in [0.05, 0.1) is 19.1 Å². The number of hydrogen-bond acceptors (Lipinski definition) is 6. The maximum absolute atomic E-state index is 13.6. The molecule has 0 unspecified atom stereocenters. The Bertz CT molecular complexity index is 930. The Morgan fingerprint density at radius 3 is 2.65 bits per heavy atom. The number of rotatable bonds is 10. The van der Waals surface area contributed by atoms with Gasteiger partial charge in [0, 0.05) is 50.6 Å². The molecular weight excluding hydrogens is 416 g/mol. The molecule has 8 heteroatoms. The summed E-state index contributed by atoms with van der Waals surface area (Å²) in [4.78, 5) is 43.6. The van der Waals surface area contributed by atoms with E-state index >= 15 is 0 Å². The van der Waals surface area contributed by atoms with Crippen molar-refractivity contribution in [3.63, 3.8) is 0 Å². The van der Waals surface area contributed by atoms with Crippen molar-refractivity contribution >= 4 is 29.1 Å². The van der Waals surface area contributed by atoms with Gasteiger partial charge in [0.1, 0.15) is 5.75 Å². The van der Waals surface area contributed by atoms with Gasteiger partial charge in [-0.3, -0.25) is 19.3 Å². The third-order valence-electron chi connectivity index (χ3n) is 5.61. The lowest BCUT2D eigenvalue weighted by Gasteiger charge is -2.30. The number of para-hydroxylation sites is 1. The Kier molecular flexibility index (Phi) is 7.46. The minimum absolute atomic E-state index is 0.0578. The van der Waals surface area contributed by atoms with Gasteiger partial charge in [-0.25, -0.2) is 0 Å². The quantitative estimate of drug-likeness (QED) is 0.416. The average molecular weight is 445 g/mol. The van der Waals surface area contributed by atoms with Crippen molar-refractivity contribution in [2.24, 2.45) is 0 Å². The Morgan fingerprint density at radius 2 is 1.97 bits per heavy atom. The van der Waals surface area contributed by atoms with E-state index in [1.807, 2.05) is 17.5 Å². The van der Waals surface area contributed by atoms with Gasteiger partial charge in [0.25, 0.3) is 0 Å². The first kappa shape index (κ1) is 23.0. The number of carbonyl (C=O) groups excluding carboxylic acids is 3. The summed E-state index contributed by atoms with van der Waals surface area (Å²) in [6.45, 7) is 1.17. The van der Waals surface area contributed by atoms with E-state index in [4.69, 9.17) is 9.47 Å². The molecule has 1 aromatic heterocycles. The van der Waals surface area contributed by atoms with Crippen molar-refractivity contribution in [1.29, 1.82) is 0 Å². The Hall–Kier alpha value is -2.71. The number of nitrogens with zero attached hydrogens (tertiary/aromatic N) is 2. The number of hydrogen-bond donors (Lipinski definition) is 0. The molecule has 2 aromatic rings. The number of thiophene rings is 1. The molecule has 2 heterocycles. The minimum Gasteiger partial charge on any atom is -0.496 e. The van der Waals surface area contributed by atoms with Gasteiger partial charge < -0.3 is 14.4 Å². The summed E-state index contributed by atoms with van der Waals surface area (Å²) in [6.07, 6.45) is 0.389. The average Bonchev–Trinajstić information content (AvgIpc) is 3.36. The number of benzene rings is 1. The summed E-state index contributed by atoms with van der Waals surface area (Å²) in [7, 11) is 4.82. The van der Waals surface area contributed by atoms with Crippen LogP contribution in [0.3, 0.4) is 0 Å². The molecule has 0 N–H and O–H groups in total. The number of likely N-dealkylation sites (tertiary alicyclic amines) is 1. The van der Waals surface area contributed by atoms with Crippen LogP contribution in [0, 0.1) is 0 Å². The van der Waals surface area contributed by atoms with Crippen LogP contribution in [0.5, 0.6) is 5.75 Å². The lowest BCUT2D eigenvalue weighted by Crippen LogP contribution is -2.43. The van der Waals surface area contributed by atoms with Crippen LogP contribution < -0.4 is 4.74 Å². The van der Waals surface area contributed by atoms with Gasteiger partial charge >= 0.3 is 0 Å². The lowest BCUT2D eigenvalue weighted by molar-refractivity contribution is -0.142. The maximum Gasteiger partial charge on any atom is 0.241 e. The summed E-state index contributed by atoms with van der Waals surface area (Å²) >= 11 is 1.57. The second kappa shape index (κ2) is 10.1. The molecule has 0 spiro atoms. The highest BCUT2D eigenvalue weighted by molar-refractivity contribution is 7.09. The van der Waals surface area contributed by atoms with Crippen molar-refractivity contribution in [3.05, 3.63) is 52.2 Å². The van der Waals surface area contributed by atoms with E-state index in [0.29, 0.717) is 30.9 Å². The normalized spacial score (nSPS) is 18.5. The predicted molar refractivity (Wildman–Crippen MR) is 118 cm³/mol. The van der Waals surface area contributed by atoms with Crippen LogP contribution in [-0.2, 0) is 31.1 Å². The van der Waals surface area contributed by atoms with Crippen LogP contribution in [-0.4, -0.2) is 61.9 Å². The minimum atomic E-state index is -1.28. The van der Waals surface area contributed by atoms with E-state index in [1.165, 1.54) is 12.0 Å². The molecule has 31 heavy (non-hydrogen) atoms. The van der Waals surface area contributed by atoms with Gasteiger partial charge in [-0.1, -0.05) is 24.3 Å². The van der Waals surface area contributed by atoms with E-state index in [-0.39, 0.29) is 37.1 Å². The number of amides is 3. The number of ether oxygens (including phenoxy) is 2. The van der Waals surface area contributed by atoms with Crippen LogP contribution in [0.25, 0.3) is 0 Å². The van der Waals surface area contributed by atoms with Crippen LogP contribution in [0.2, 0.25) is 0 Å². The fraction of sp³-hybridized carbons (Fsp3) is 0.435. The zero-order valence-electron chi connectivity index (χ0n) is 18.1. The Balaban J connectivity index is 1.93. The van der Waals surface area contributed by atoms with Crippen molar-refractivity contribution in [1.82, 2.24) is 9.80 Å². The molecule has 166 valence electrons.